The molecule has 0 spiro atoms. The molecule has 0 aliphatic rings. The maximum absolute atomic E-state index is 11.1. The second kappa shape index (κ2) is 6.56. The maximum Gasteiger partial charge on any atom is 0.252 e. The van der Waals surface area contributed by atoms with Crippen LogP contribution in [0.25, 0.3) is 0 Å². The van der Waals surface area contributed by atoms with Crippen molar-refractivity contribution in [2.75, 3.05) is 19.6 Å². The number of H-pyrrole nitrogens is 1. The summed E-state index contributed by atoms with van der Waals surface area (Å²) in [6.07, 6.45) is 1.41. The lowest BCUT2D eigenvalue weighted by molar-refractivity contribution is 0.355. The molecular weight excluding hydrogens is 272 g/mol. The van der Waals surface area contributed by atoms with Crippen LogP contribution in [0.4, 0.5) is 5.95 Å². The summed E-state index contributed by atoms with van der Waals surface area (Å²) in [5, 5.41) is 4.17. The highest BCUT2D eigenvalue weighted by atomic mass is 16.5. The summed E-state index contributed by atoms with van der Waals surface area (Å²) in [6, 6.07) is 6.81. The highest BCUT2D eigenvalue weighted by Crippen LogP contribution is 2.27. The molecule has 110 valence electrons. The zero-order valence-electron chi connectivity index (χ0n) is 12.0. The van der Waals surface area contributed by atoms with E-state index in [4.69, 9.17) is 9.47 Å². The number of methoxy groups -OCH3 is 2. The van der Waals surface area contributed by atoms with Gasteiger partial charge in [0.15, 0.2) is 11.5 Å². The second-order valence-electron chi connectivity index (χ2n) is 4.16. The first kappa shape index (κ1) is 14.6. The number of benzene rings is 1. The lowest BCUT2D eigenvalue weighted by Crippen LogP contribution is -2.09. The summed E-state index contributed by atoms with van der Waals surface area (Å²) in [4.78, 5) is 17.6. The van der Waals surface area contributed by atoms with Crippen LogP contribution in [0.2, 0.25) is 0 Å². The van der Waals surface area contributed by atoms with Gasteiger partial charge < -0.3 is 9.47 Å². The monoisotopic (exact) mass is 288 g/mol. The minimum atomic E-state index is -0.244. The van der Waals surface area contributed by atoms with Gasteiger partial charge in [0.1, 0.15) is 0 Å². The fourth-order valence-electron chi connectivity index (χ4n) is 1.69. The van der Waals surface area contributed by atoms with Gasteiger partial charge >= 0.3 is 0 Å². The highest BCUT2D eigenvalue weighted by Gasteiger charge is 2.06. The van der Waals surface area contributed by atoms with Crippen LogP contribution in [0, 0.1) is 0 Å². The van der Waals surface area contributed by atoms with Crippen LogP contribution >= 0.6 is 0 Å². The van der Waals surface area contributed by atoms with E-state index >= 15 is 0 Å². The Kier molecular flexibility index (Phi) is 4.55. The minimum Gasteiger partial charge on any atom is -0.493 e. The molecule has 0 bridgehead atoms. The highest BCUT2D eigenvalue weighted by molar-refractivity contribution is 5.99. The van der Waals surface area contributed by atoms with Crippen molar-refractivity contribution in [1.29, 1.82) is 0 Å². The Labute approximate surface area is 121 Å². The Hall–Kier alpha value is -2.83. The van der Waals surface area contributed by atoms with E-state index in [1.807, 2.05) is 19.1 Å². The molecule has 0 unspecified atom stereocenters. The van der Waals surface area contributed by atoms with E-state index in [0.29, 0.717) is 17.2 Å². The fraction of sp³-hybridized carbons (Fsp3) is 0.214. The summed E-state index contributed by atoms with van der Waals surface area (Å²) < 4.78 is 10.4. The number of hydrogen-bond donors (Lipinski definition) is 2. The number of hydrazone groups is 1. The molecule has 2 N–H and O–H groups in total. The topological polar surface area (TPSA) is 88.6 Å². The van der Waals surface area contributed by atoms with Crippen LogP contribution in [0.3, 0.4) is 0 Å². The van der Waals surface area contributed by atoms with Crippen molar-refractivity contribution in [3.05, 3.63) is 46.4 Å². The summed E-state index contributed by atoms with van der Waals surface area (Å²) in [5.41, 5.74) is 4.03. The van der Waals surface area contributed by atoms with Gasteiger partial charge in [-0.2, -0.15) is 5.10 Å². The van der Waals surface area contributed by atoms with Crippen LogP contribution in [0.1, 0.15) is 12.5 Å². The standard InChI is InChI=1S/C14H16N4O3/c1-9(17-18-14-15-7-6-13(19)16-14)10-4-5-11(20-2)12(8-10)21-3/h4-8H,1-3H3,(H2,15,16,18,19). The summed E-state index contributed by atoms with van der Waals surface area (Å²) in [5.74, 6) is 1.55. The first-order valence-electron chi connectivity index (χ1n) is 6.22. The van der Waals surface area contributed by atoms with Gasteiger partial charge in [-0.3, -0.25) is 9.78 Å². The molecule has 0 fully saturated rings. The lowest BCUT2D eigenvalue weighted by atomic mass is 10.1. The Morgan fingerprint density at radius 1 is 1.24 bits per heavy atom. The van der Waals surface area contributed by atoms with E-state index < -0.39 is 0 Å². The van der Waals surface area contributed by atoms with E-state index in [1.165, 1.54) is 12.3 Å². The Bertz CT molecular complexity index is 709. The average Bonchev–Trinajstić information content (AvgIpc) is 2.52. The number of aromatic amines is 1. The van der Waals surface area contributed by atoms with Gasteiger partial charge in [0.25, 0.3) is 5.56 Å². The molecule has 1 aromatic heterocycles. The molecular formula is C14H16N4O3. The molecule has 0 saturated heterocycles. The molecule has 1 aromatic carbocycles. The third-order valence-corrected chi connectivity index (χ3v) is 2.80. The number of rotatable bonds is 5. The zero-order valence-corrected chi connectivity index (χ0v) is 12.0. The molecule has 0 amide bonds. The smallest absolute Gasteiger partial charge is 0.252 e. The minimum absolute atomic E-state index is 0.244. The molecule has 1 heterocycles. The van der Waals surface area contributed by atoms with Gasteiger partial charge in [0.2, 0.25) is 5.95 Å². The van der Waals surface area contributed by atoms with Crippen molar-refractivity contribution in [1.82, 2.24) is 9.97 Å². The van der Waals surface area contributed by atoms with Crippen molar-refractivity contribution in [2.24, 2.45) is 5.10 Å². The molecule has 0 saturated carbocycles. The molecule has 0 radical (unpaired) electrons. The molecule has 2 rings (SSSR count). The first-order valence-corrected chi connectivity index (χ1v) is 6.22. The van der Waals surface area contributed by atoms with E-state index in [0.717, 1.165) is 5.56 Å². The van der Waals surface area contributed by atoms with Crippen molar-refractivity contribution < 1.29 is 9.47 Å². The van der Waals surface area contributed by atoms with Crippen molar-refractivity contribution in [3.63, 3.8) is 0 Å². The predicted octanol–water partition coefficient (Wildman–Crippen LogP) is 1.62. The number of hydrogen-bond acceptors (Lipinski definition) is 6. The van der Waals surface area contributed by atoms with Crippen LogP contribution in [-0.4, -0.2) is 29.9 Å². The second-order valence-corrected chi connectivity index (χ2v) is 4.16. The van der Waals surface area contributed by atoms with Crippen molar-refractivity contribution in [2.45, 2.75) is 6.92 Å². The molecule has 7 nitrogen and oxygen atoms in total. The van der Waals surface area contributed by atoms with Crippen molar-refractivity contribution in [3.8, 4) is 11.5 Å². The SMILES string of the molecule is COc1ccc(C(C)=NNc2nccc(=O)[nH]2)cc1OC. The van der Waals surface area contributed by atoms with E-state index in [2.05, 4.69) is 20.5 Å². The quantitative estimate of drug-likeness (QED) is 0.644. The molecule has 7 heteroatoms. The number of aromatic nitrogens is 2. The maximum atomic E-state index is 11.1. The van der Waals surface area contributed by atoms with Crippen LogP contribution in [0.15, 0.2) is 40.4 Å². The summed E-state index contributed by atoms with van der Waals surface area (Å²) in [6.45, 7) is 1.83. The third-order valence-electron chi connectivity index (χ3n) is 2.80. The summed E-state index contributed by atoms with van der Waals surface area (Å²) >= 11 is 0. The normalized spacial score (nSPS) is 11.1. The molecule has 0 aliphatic heterocycles. The number of anilines is 1. The lowest BCUT2D eigenvalue weighted by Gasteiger charge is -2.09. The van der Waals surface area contributed by atoms with Crippen LogP contribution in [0.5, 0.6) is 11.5 Å². The molecule has 0 atom stereocenters. The van der Waals surface area contributed by atoms with Gasteiger partial charge in [-0.15, -0.1) is 0 Å². The van der Waals surface area contributed by atoms with E-state index in [1.54, 1.807) is 20.3 Å². The summed E-state index contributed by atoms with van der Waals surface area (Å²) in [7, 11) is 3.16. The number of ether oxygens (including phenoxy) is 2. The van der Waals surface area contributed by atoms with Gasteiger partial charge in [0.05, 0.1) is 19.9 Å². The number of nitrogens with zero attached hydrogens (tertiary/aromatic N) is 2. The Morgan fingerprint density at radius 3 is 2.67 bits per heavy atom. The number of nitrogens with one attached hydrogen (secondary N) is 2. The Balaban J connectivity index is 2.21. The fourth-order valence-corrected chi connectivity index (χ4v) is 1.69. The molecule has 21 heavy (non-hydrogen) atoms. The first-order chi connectivity index (χ1) is 10.1. The van der Waals surface area contributed by atoms with Crippen molar-refractivity contribution >= 4 is 11.7 Å². The molecule has 0 aliphatic carbocycles. The molecule has 2 aromatic rings. The van der Waals surface area contributed by atoms with Crippen LogP contribution < -0.4 is 20.5 Å². The van der Waals surface area contributed by atoms with Gasteiger partial charge in [-0.1, -0.05) is 0 Å². The van der Waals surface area contributed by atoms with Gasteiger partial charge in [-0.25, -0.2) is 10.4 Å². The largest absolute Gasteiger partial charge is 0.493 e. The Morgan fingerprint density at radius 2 is 2.00 bits per heavy atom. The predicted molar refractivity (Wildman–Crippen MR) is 80.2 cm³/mol. The third kappa shape index (κ3) is 3.59. The van der Waals surface area contributed by atoms with Gasteiger partial charge in [-0.05, 0) is 25.1 Å². The van der Waals surface area contributed by atoms with Gasteiger partial charge in [0, 0.05) is 17.8 Å². The zero-order chi connectivity index (χ0) is 15.2. The van der Waals surface area contributed by atoms with E-state index in [9.17, 15) is 4.79 Å². The average molecular weight is 288 g/mol. The van der Waals surface area contributed by atoms with E-state index in [-0.39, 0.29) is 11.5 Å². The van der Waals surface area contributed by atoms with Crippen LogP contribution in [-0.2, 0) is 0 Å².